The van der Waals surface area contributed by atoms with Crippen molar-refractivity contribution >= 4 is 11.5 Å². The molecule has 0 radical (unpaired) electrons. The molecular formula is C16H22N4O. The van der Waals surface area contributed by atoms with Crippen LogP contribution in [0, 0.1) is 0 Å². The smallest absolute Gasteiger partial charge is 0.179 e. The third-order valence-electron chi connectivity index (χ3n) is 3.46. The van der Waals surface area contributed by atoms with Gasteiger partial charge in [-0.15, -0.1) is 0 Å². The second-order valence-corrected chi connectivity index (χ2v) is 5.06. The summed E-state index contributed by atoms with van der Waals surface area (Å²) >= 11 is 0. The lowest BCUT2D eigenvalue weighted by Gasteiger charge is -2.16. The maximum atomic E-state index is 12.4. The first kappa shape index (κ1) is 15.3. The van der Waals surface area contributed by atoms with E-state index in [2.05, 4.69) is 10.3 Å². The van der Waals surface area contributed by atoms with Crippen LogP contribution in [0.2, 0.25) is 0 Å². The van der Waals surface area contributed by atoms with Gasteiger partial charge in [-0.2, -0.15) is 0 Å². The highest BCUT2D eigenvalue weighted by molar-refractivity contribution is 6.00. The lowest BCUT2D eigenvalue weighted by Crippen LogP contribution is -2.37. The summed E-state index contributed by atoms with van der Waals surface area (Å²) in [4.78, 5) is 16.4. The number of aryl methyl sites for hydroxylation is 1. The van der Waals surface area contributed by atoms with Crippen LogP contribution in [0.1, 0.15) is 30.1 Å². The van der Waals surface area contributed by atoms with Gasteiger partial charge in [-0.05, 0) is 43.7 Å². The van der Waals surface area contributed by atoms with Crippen LogP contribution in [-0.2, 0) is 6.54 Å². The first-order valence-corrected chi connectivity index (χ1v) is 7.29. The Kier molecular flexibility index (Phi) is 5.51. The van der Waals surface area contributed by atoms with Crippen LogP contribution in [0.4, 0.5) is 5.69 Å². The highest BCUT2D eigenvalue weighted by atomic mass is 16.1. The van der Waals surface area contributed by atoms with Crippen LogP contribution in [0.5, 0.6) is 0 Å². The van der Waals surface area contributed by atoms with E-state index in [9.17, 15) is 4.79 Å². The van der Waals surface area contributed by atoms with Crippen molar-refractivity contribution < 1.29 is 4.79 Å². The van der Waals surface area contributed by atoms with Crippen molar-refractivity contribution in [1.82, 2.24) is 14.9 Å². The van der Waals surface area contributed by atoms with Crippen molar-refractivity contribution in [2.45, 2.75) is 32.4 Å². The first-order valence-electron chi connectivity index (χ1n) is 7.29. The van der Waals surface area contributed by atoms with E-state index >= 15 is 0 Å². The second kappa shape index (κ2) is 7.59. The Bertz CT molecular complexity index is 548. The number of imidazole rings is 1. The lowest BCUT2D eigenvalue weighted by atomic mass is 10.0. The molecule has 112 valence electrons. The van der Waals surface area contributed by atoms with Gasteiger partial charge in [0.15, 0.2) is 5.78 Å². The minimum Gasteiger partial charge on any atom is -0.399 e. The molecule has 5 nitrogen and oxygen atoms in total. The number of carbonyl (C=O) groups excluding carboxylic acids is 1. The topological polar surface area (TPSA) is 72.9 Å². The van der Waals surface area contributed by atoms with E-state index < -0.39 is 0 Å². The molecule has 2 rings (SSSR count). The largest absolute Gasteiger partial charge is 0.399 e. The number of nitrogen functional groups attached to an aromatic ring is 1. The molecule has 3 N–H and O–H groups in total. The van der Waals surface area contributed by atoms with Crippen molar-refractivity contribution in [3.8, 4) is 0 Å². The van der Waals surface area contributed by atoms with Gasteiger partial charge in [0.25, 0.3) is 0 Å². The minimum atomic E-state index is -0.142. The molecule has 0 fully saturated rings. The average Bonchev–Trinajstić information content (AvgIpc) is 3.01. The number of hydrogen-bond donors (Lipinski definition) is 2. The molecule has 0 aliphatic heterocycles. The monoisotopic (exact) mass is 286 g/mol. The molecule has 2 aromatic rings. The van der Waals surface area contributed by atoms with Gasteiger partial charge in [-0.25, -0.2) is 4.98 Å². The van der Waals surface area contributed by atoms with E-state index in [0.717, 1.165) is 25.9 Å². The molecule has 0 bridgehead atoms. The summed E-state index contributed by atoms with van der Waals surface area (Å²) < 4.78 is 2.03. The number of hydrogen-bond acceptors (Lipinski definition) is 4. The molecule has 1 unspecified atom stereocenters. The Labute approximate surface area is 125 Å². The molecule has 1 heterocycles. The number of nitrogens with two attached hydrogens (primary N) is 1. The van der Waals surface area contributed by atoms with E-state index in [1.165, 1.54) is 0 Å². The van der Waals surface area contributed by atoms with Crippen molar-refractivity contribution in [2.24, 2.45) is 0 Å². The van der Waals surface area contributed by atoms with Crippen molar-refractivity contribution in [3.05, 3.63) is 48.5 Å². The summed E-state index contributed by atoms with van der Waals surface area (Å²) in [6, 6.07) is 6.95. The summed E-state index contributed by atoms with van der Waals surface area (Å²) in [6.07, 6.45) is 7.25. The molecule has 1 aromatic heterocycles. The molecule has 1 aromatic carbocycles. The Morgan fingerprint density at radius 3 is 2.76 bits per heavy atom. The van der Waals surface area contributed by atoms with Crippen LogP contribution in [0.15, 0.2) is 43.0 Å². The van der Waals surface area contributed by atoms with Crippen molar-refractivity contribution in [2.75, 3.05) is 12.3 Å². The van der Waals surface area contributed by atoms with Crippen LogP contribution >= 0.6 is 0 Å². The highest BCUT2D eigenvalue weighted by Gasteiger charge is 2.17. The van der Waals surface area contributed by atoms with Gasteiger partial charge in [-0.3, -0.25) is 4.79 Å². The van der Waals surface area contributed by atoms with Gasteiger partial charge < -0.3 is 15.6 Å². The van der Waals surface area contributed by atoms with Gasteiger partial charge in [0.05, 0.1) is 12.4 Å². The summed E-state index contributed by atoms with van der Waals surface area (Å²) in [5.74, 6) is 0.125. The number of benzene rings is 1. The number of aromatic nitrogens is 2. The molecule has 0 amide bonds. The zero-order valence-electron chi connectivity index (χ0n) is 12.3. The van der Waals surface area contributed by atoms with Crippen molar-refractivity contribution in [3.63, 3.8) is 0 Å². The Balaban J connectivity index is 1.81. The quantitative estimate of drug-likeness (QED) is 0.443. The molecule has 0 aliphatic carbocycles. The van der Waals surface area contributed by atoms with Gasteiger partial charge >= 0.3 is 0 Å². The molecular weight excluding hydrogens is 264 g/mol. The Morgan fingerprint density at radius 1 is 1.38 bits per heavy atom. The van der Waals surface area contributed by atoms with Gasteiger partial charge in [0.1, 0.15) is 0 Å². The number of ketones is 1. The third kappa shape index (κ3) is 4.43. The van der Waals surface area contributed by atoms with Crippen LogP contribution in [-0.4, -0.2) is 27.9 Å². The molecule has 21 heavy (non-hydrogen) atoms. The predicted octanol–water partition coefficient (Wildman–Crippen LogP) is 2.11. The van der Waals surface area contributed by atoms with E-state index in [1.54, 1.807) is 36.8 Å². The fraction of sp³-hybridized carbons (Fsp3) is 0.375. The Morgan fingerprint density at radius 2 is 2.14 bits per heavy atom. The SMILES string of the molecule is CCC(NCCCn1ccnc1)C(=O)c1ccc(N)cc1. The number of rotatable bonds is 8. The summed E-state index contributed by atoms with van der Waals surface area (Å²) in [5.41, 5.74) is 7.03. The number of nitrogens with zero attached hydrogens (tertiary/aromatic N) is 2. The summed E-state index contributed by atoms with van der Waals surface area (Å²) in [6.45, 7) is 3.72. The maximum absolute atomic E-state index is 12.4. The zero-order valence-corrected chi connectivity index (χ0v) is 12.3. The molecule has 0 aliphatic rings. The fourth-order valence-corrected chi connectivity index (χ4v) is 2.23. The van der Waals surface area contributed by atoms with E-state index in [1.807, 2.05) is 17.7 Å². The molecule has 5 heteroatoms. The summed E-state index contributed by atoms with van der Waals surface area (Å²) in [7, 11) is 0. The second-order valence-electron chi connectivity index (χ2n) is 5.06. The fourth-order valence-electron chi connectivity index (χ4n) is 2.23. The number of carbonyl (C=O) groups is 1. The van der Waals surface area contributed by atoms with E-state index in [4.69, 9.17) is 5.73 Å². The molecule has 1 atom stereocenters. The van der Waals surface area contributed by atoms with Crippen LogP contribution < -0.4 is 11.1 Å². The zero-order chi connectivity index (χ0) is 15.1. The molecule has 0 saturated heterocycles. The third-order valence-corrected chi connectivity index (χ3v) is 3.46. The lowest BCUT2D eigenvalue weighted by molar-refractivity contribution is 0.0940. The number of nitrogens with one attached hydrogen (secondary N) is 1. The van der Waals surface area contributed by atoms with Gasteiger partial charge in [0, 0.05) is 30.2 Å². The summed E-state index contributed by atoms with van der Waals surface area (Å²) in [5, 5.41) is 3.33. The maximum Gasteiger partial charge on any atom is 0.179 e. The number of Topliss-reactive ketones (excluding diaryl/α,β-unsaturated/α-hetero) is 1. The highest BCUT2D eigenvalue weighted by Crippen LogP contribution is 2.09. The molecule has 0 spiro atoms. The van der Waals surface area contributed by atoms with Crippen molar-refractivity contribution in [1.29, 1.82) is 0 Å². The van der Waals surface area contributed by atoms with E-state index in [0.29, 0.717) is 11.3 Å². The van der Waals surface area contributed by atoms with Crippen LogP contribution in [0.3, 0.4) is 0 Å². The number of anilines is 1. The van der Waals surface area contributed by atoms with Crippen LogP contribution in [0.25, 0.3) is 0 Å². The minimum absolute atomic E-state index is 0.125. The Hall–Kier alpha value is -2.14. The van der Waals surface area contributed by atoms with Gasteiger partial charge in [0.2, 0.25) is 0 Å². The standard InChI is InChI=1S/C16H22N4O/c1-2-15(16(21)13-4-6-14(17)7-5-13)19-8-3-10-20-11-9-18-12-20/h4-7,9,11-12,15,19H,2-3,8,10,17H2,1H3. The van der Waals surface area contributed by atoms with E-state index in [-0.39, 0.29) is 11.8 Å². The normalized spacial score (nSPS) is 12.2. The first-order chi connectivity index (χ1) is 10.2. The average molecular weight is 286 g/mol. The predicted molar refractivity (Wildman–Crippen MR) is 84.1 cm³/mol. The van der Waals surface area contributed by atoms with Gasteiger partial charge in [-0.1, -0.05) is 6.92 Å². The molecule has 0 saturated carbocycles.